The maximum absolute atomic E-state index is 13.2. The maximum Gasteiger partial charge on any atom is 0.326 e. The summed E-state index contributed by atoms with van der Waals surface area (Å²) in [5.41, 5.74) is 2.40. The van der Waals surface area contributed by atoms with E-state index in [0.29, 0.717) is 11.1 Å². The van der Waals surface area contributed by atoms with Gasteiger partial charge >= 0.3 is 5.97 Å². The van der Waals surface area contributed by atoms with Gasteiger partial charge in [-0.2, -0.15) is 0 Å². The number of amides is 2. The van der Waals surface area contributed by atoms with E-state index in [0.717, 1.165) is 28.2 Å². The summed E-state index contributed by atoms with van der Waals surface area (Å²) in [6.45, 7) is 0. The third kappa shape index (κ3) is 6.65. The molecule has 0 fully saturated rings. The first kappa shape index (κ1) is 25.7. The van der Waals surface area contributed by atoms with Crippen molar-refractivity contribution in [2.75, 3.05) is 5.75 Å². The molecule has 3 aromatic carbocycles. The maximum atomic E-state index is 13.2. The number of carboxylic acid groups (broad SMARTS) is 1. The van der Waals surface area contributed by atoms with Crippen molar-refractivity contribution in [1.29, 1.82) is 0 Å². The summed E-state index contributed by atoms with van der Waals surface area (Å²) in [6.07, 6.45) is 1.76. The highest BCUT2D eigenvalue weighted by atomic mass is 32.2. The van der Waals surface area contributed by atoms with E-state index in [1.54, 1.807) is 66.9 Å². The Labute approximate surface area is 217 Å². The van der Waals surface area contributed by atoms with Gasteiger partial charge in [-0.05, 0) is 23.8 Å². The molecule has 2 atom stereocenters. The number of hydrogen-bond donors (Lipinski definition) is 4. The van der Waals surface area contributed by atoms with Gasteiger partial charge in [-0.25, -0.2) is 4.79 Å². The highest BCUT2D eigenvalue weighted by Gasteiger charge is 2.28. The molecule has 0 radical (unpaired) electrons. The molecule has 0 spiro atoms. The van der Waals surface area contributed by atoms with Gasteiger partial charge in [-0.3, -0.25) is 14.4 Å². The number of carbonyl (C=O) groups excluding carboxylic acids is 3. The molecule has 4 aromatic rings. The van der Waals surface area contributed by atoms with Crippen molar-refractivity contribution in [3.05, 3.63) is 108 Å². The zero-order valence-corrected chi connectivity index (χ0v) is 20.5. The third-order valence-corrected chi connectivity index (χ3v) is 6.76. The molecule has 4 N–H and O–H groups in total. The second kappa shape index (κ2) is 12.0. The van der Waals surface area contributed by atoms with E-state index in [1.165, 1.54) is 0 Å². The van der Waals surface area contributed by atoms with Crippen LogP contribution in [0.5, 0.6) is 0 Å². The standard InChI is InChI=1S/C28H25N3O5S/c32-25(18-9-3-1-4-10-18)31-24(17-37-28(36)19-11-5-2-6-12-19)26(33)30-23(27(34)35)15-20-16-29-22-14-8-7-13-21(20)22/h1-14,16,23-24,29H,15,17H2,(H,30,33)(H,31,32)(H,34,35)/t23-,24+/m0/s1. The Kier molecular flexibility index (Phi) is 8.37. The van der Waals surface area contributed by atoms with E-state index < -0.39 is 29.9 Å². The van der Waals surface area contributed by atoms with E-state index >= 15 is 0 Å². The number of aliphatic carboxylic acids is 1. The molecule has 0 aliphatic carbocycles. The number of benzene rings is 3. The average Bonchev–Trinajstić information content (AvgIpc) is 3.34. The number of carbonyl (C=O) groups is 4. The molecule has 0 aliphatic rings. The Hall–Kier alpha value is -4.37. The molecule has 0 saturated heterocycles. The lowest BCUT2D eigenvalue weighted by Gasteiger charge is -2.21. The van der Waals surface area contributed by atoms with Crippen molar-refractivity contribution in [3.8, 4) is 0 Å². The fourth-order valence-electron chi connectivity index (χ4n) is 3.82. The minimum absolute atomic E-state index is 0.0422. The van der Waals surface area contributed by atoms with Crippen molar-refractivity contribution in [2.24, 2.45) is 0 Å². The van der Waals surface area contributed by atoms with Gasteiger partial charge in [0, 0.05) is 40.4 Å². The summed E-state index contributed by atoms with van der Waals surface area (Å²) < 4.78 is 0. The van der Waals surface area contributed by atoms with Gasteiger partial charge in [0.25, 0.3) is 5.91 Å². The van der Waals surface area contributed by atoms with Gasteiger partial charge in [0.15, 0.2) is 0 Å². The summed E-state index contributed by atoms with van der Waals surface area (Å²) in [5.74, 6) is -2.47. The van der Waals surface area contributed by atoms with E-state index in [-0.39, 0.29) is 17.3 Å². The Morgan fingerprint density at radius 2 is 1.41 bits per heavy atom. The molecule has 0 aliphatic heterocycles. The van der Waals surface area contributed by atoms with E-state index in [4.69, 9.17) is 0 Å². The minimum atomic E-state index is -1.24. The highest BCUT2D eigenvalue weighted by molar-refractivity contribution is 8.14. The fraction of sp³-hybridized carbons (Fsp3) is 0.143. The quantitative estimate of drug-likeness (QED) is 0.255. The molecule has 0 saturated carbocycles. The van der Waals surface area contributed by atoms with Gasteiger partial charge in [0.2, 0.25) is 11.0 Å². The molecule has 1 aromatic heterocycles. The topological polar surface area (TPSA) is 128 Å². The average molecular weight is 516 g/mol. The predicted octanol–water partition coefficient (Wildman–Crippen LogP) is 3.65. The number of thioether (sulfide) groups is 1. The molecule has 8 nitrogen and oxygen atoms in total. The lowest BCUT2D eigenvalue weighted by molar-refractivity contribution is -0.141. The van der Waals surface area contributed by atoms with Crippen LogP contribution in [-0.4, -0.2) is 50.8 Å². The van der Waals surface area contributed by atoms with Crippen LogP contribution < -0.4 is 10.6 Å². The molecular weight excluding hydrogens is 490 g/mol. The Morgan fingerprint density at radius 3 is 2.08 bits per heavy atom. The largest absolute Gasteiger partial charge is 0.480 e. The summed E-state index contributed by atoms with van der Waals surface area (Å²) in [4.78, 5) is 53.8. The van der Waals surface area contributed by atoms with E-state index in [1.807, 2.05) is 24.3 Å². The molecule has 37 heavy (non-hydrogen) atoms. The van der Waals surface area contributed by atoms with Crippen LogP contribution in [0.4, 0.5) is 0 Å². The number of H-pyrrole nitrogens is 1. The van der Waals surface area contributed by atoms with Gasteiger partial charge < -0.3 is 20.7 Å². The molecule has 0 unspecified atom stereocenters. The monoisotopic (exact) mass is 515 g/mol. The zero-order valence-electron chi connectivity index (χ0n) is 19.7. The first-order valence-electron chi connectivity index (χ1n) is 11.6. The summed E-state index contributed by atoms with van der Waals surface area (Å²) in [7, 11) is 0. The number of aromatic amines is 1. The van der Waals surface area contributed by atoms with Crippen molar-refractivity contribution >= 4 is 45.6 Å². The van der Waals surface area contributed by atoms with Gasteiger partial charge in [0.05, 0.1) is 0 Å². The minimum Gasteiger partial charge on any atom is -0.480 e. The van der Waals surface area contributed by atoms with Crippen molar-refractivity contribution < 1.29 is 24.3 Å². The van der Waals surface area contributed by atoms with Crippen molar-refractivity contribution in [3.63, 3.8) is 0 Å². The Balaban J connectivity index is 1.50. The van der Waals surface area contributed by atoms with Gasteiger partial charge in [0.1, 0.15) is 12.1 Å². The molecule has 4 rings (SSSR count). The fourth-order valence-corrected chi connectivity index (χ4v) is 4.68. The van der Waals surface area contributed by atoms with Crippen molar-refractivity contribution in [1.82, 2.24) is 15.6 Å². The van der Waals surface area contributed by atoms with E-state index in [2.05, 4.69) is 15.6 Å². The molecule has 188 valence electrons. The number of aromatic nitrogens is 1. The van der Waals surface area contributed by atoms with Crippen molar-refractivity contribution in [2.45, 2.75) is 18.5 Å². The summed E-state index contributed by atoms with van der Waals surface area (Å²) >= 11 is 0.879. The number of hydrogen-bond acceptors (Lipinski definition) is 5. The van der Waals surface area contributed by atoms with Crippen LogP contribution >= 0.6 is 11.8 Å². The van der Waals surface area contributed by atoms with Gasteiger partial charge in [-0.1, -0.05) is 78.5 Å². The lowest BCUT2D eigenvalue weighted by atomic mass is 10.0. The SMILES string of the molecule is O=C(N[C@H](CSC(=O)c1ccccc1)C(=O)N[C@@H](Cc1c[nH]c2ccccc12)C(=O)O)c1ccccc1. The molecule has 1 heterocycles. The zero-order chi connectivity index (χ0) is 26.2. The number of rotatable bonds is 10. The van der Waals surface area contributed by atoms with E-state index in [9.17, 15) is 24.3 Å². The Bertz CT molecular complexity index is 1410. The van der Waals surface area contributed by atoms with Crippen LogP contribution in [0.3, 0.4) is 0 Å². The van der Waals surface area contributed by atoms with Crippen LogP contribution in [0.25, 0.3) is 10.9 Å². The third-order valence-electron chi connectivity index (χ3n) is 5.76. The summed E-state index contributed by atoms with van der Waals surface area (Å²) in [6, 6.07) is 22.0. The Morgan fingerprint density at radius 1 is 0.784 bits per heavy atom. The number of carboxylic acids is 1. The normalized spacial score (nSPS) is 12.4. The highest BCUT2D eigenvalue weighted by Crippen LogP contribution is 2.19. The first-order valence-corrected chi connectivity index (χ1v) is 12.6. The first-order chi connectivity index (χ1) is 17.9. The smallest absolute Gasteiger partial charge is 0.326 e. The number of nitrogens with one attached hydrogen (secondary N) is 3. The van der Waals surface area contributed by atoms with Crippen LogP contribution in [-0.2, 0) is 16.0 Å². The second-order valence-corrected chi connectivity index (χ2v) is 9.31. The molecular formula is C28H25N3O5S. The van der Waals surface area contributed by atoms with Gasteiger partial charge in [-0.15, -0.1) is 0 Å². The lowest BCUT2D eigenvalue weighted by Crippen LogP contribution is -2.53. The number of para-hydroxylation sites is 1. The molecule has 2 amide bonds. The molecule has 0 bridgehead atoms. The predicted molar refractivity (Wildman–Crippen MR) is 142 cm³/mol. The van der Waals surface area contributed by atoms with Crippen LogP contribution in [0.1, 0.15) is 26.3 Å². The summed E-state index contributed by atoms with van der Waals surface area (Å²) in [5, 5.41) is 15.6. The molecule has 9 heteroatoms. The second-order valence-electron chi connectivity index (χ2n) is 8.32. The van der Waals surface area contributed by atoms with Crippen LogP contribution in [0.15, 0.2) is 91.1 Å². The van der Waals surface area contributed by atoms with Crippen LogP contribution in [0, 0.1) is 0 Å². The number of fused-ring (bicyclic) bond motifs is 1. The van der Waals surface area contributed by atoms with Crippen LogP contribution in [0.2, 0.25) is 0 Å².